The van der Waals surface area contributed by atoms with Crippen LogP contribution in [0, 0.1) is 0 Å². The normalized spacial score (nSPS) is 21.4. The summed E-state index contributed by atoms with van der Waals surface area (Å²) in [5.41, 5.74) is 5.83. The van der Waals surface area contributed by atoms with Gasteiger partial charge >= 0.3 is 6.16 Å². The largest absolute Gasteiger partial charge is 0.508 e. The van der Waals surface area contributed by atoms with Gasteiger partial charge < -0.3 is 15.2 Å². The minimum atomic E-state index is -0.615. The number of unbranched alkanes of at least 4 members (excludes halogenated alkanes) is 11. The van der Waals surface area contributed by atoms with Crippen LogP contribution in [0.15, 0.2) is 12.2 Å². The maximum atomic E-state index is 11.0. The van der Waals surface area contributed by atoms with Gasteiger partial charge in [0, 0.05) is 0 Å². The molecule has 1 aliphatic heterocycles. The van der Waals surface area contributed by atoms with Gasteiger partial charge in [0.05, 0.1) is 6.04 Å². The average molecular weight is 325 g/mol. The molecule has 0 aromatic rings. The van der Waals surface area contributed by atoms with Crippen molar-refractivity contribution in [2.24, 2.45) is 5.73 Å². The summed E-state index contributed by atoms with van der Waals surface area (Å²) >= 11 is 0. The fourth-order valence-corrected chi connectivity index (χ4v) is 2.83. The van der Waals surface area contributed by atoms with Crippen molar-refractivity contribution < 1.29 is 14.3 Å². The monoisotopic (exact) mass is 325 g/mol. The highest BCUT2D eigenvalue weighted by Crippen LogP contribution is 2.13. The summed E-state index contributed by atoms with van der Waals surface area (Å²) in [6.45, 7) is 2.51. The molecule has 0 bridgehead atoms. The zero-order chi connectivity index (χ0) is 16.8. The van der Waals surface area contributed by atoms with Crippen LogP contribution in [0.2, 0.25) is 0 Å². The summed E-state index contributed by atoms with van der Waals surface area (Å²) in [7, 11) is 0. The lowest BCUT2D eigenvalue weighted by atomic mass is 10.0. The van der Waals surface area contributed by atoms with Gasteiger partial charge in [-0.2, -0.15) is 0 Å². The molecule has 0 saturated carbocycles. The third-order valence-corrected chi connectivity index (χ3v) is 4.35. The predicted molar refractivity (Wildman–Crippen MR) is 94.4 cm³/mol. The van der Waals surface area contributed by atoms with Gasteiger partial charge in [0.15, 0.2) is 0 Å². The Morgan fingerprint density at radius 1 is 1.00 bits per heavy atom. The standard InChI is InChI=1S/C19H35NO3/c1-2-3-4-5-6-7-8-9-10-11-12-13-14-15-18-17(20)16-22-19(21)23-18/h14-15,17-18H,2-13,16,20H2,1H3. The third kappa shape index (κ3) is 10.4. The van der Waals surface area contributed by atoms with Gasteiger partial charge in [-0.25, -0.2) is 4.79 Å². The first kappa shape index (κ1) is 20.0. The van der Waals surface area contributed by atoms with E-state index in [1.54, 1.807) is 0 Å². The molecule has 0 radical (unpaired) electrons. The third-order valence-electron chi connectivity index (χ3n) is 4.35. The molecule has 0 aromatic carbocycles. The number of allylic oxidation sites excluding steroid dienone is 1. The first-order chi connectivity index (χ1) is 11.2. The van der Waals surface area contributed by atoms with E-state index in [1.165, 1.54) is 70.6 Å². The summed E-state index contributed by atoms with van der Waals surface area (Å²) in [6.07, 6.45) is 19.0. The van der Waals surface area contributed by atoms with Crippen LogP contribution in [-0.2, 0) is 9.47 Å². The van der Waals surface area contributed by atoms with Crippen LogP contribution >= 0.6 is 0 Å². The molecule has 0 amide bonds. The Labute approximate surface area is 141 Å². The molecule has 1 heterocycles. The van der Waals surface area contributed by atoms with E-state index in [4.69, 9.17) is 15.2 Å². The Hall–Kier alpha value is -1.03. The van der Waals surface area contributed by atoms with Crippen LogP contribution < -0.4 is 5.73 Å². The van der Waals surface area contributed by atoms with Crippen molar-refractivity contribution in [1.82, 2.24) is 0 Å². The Balaban J connectivity index is 1.87. The number of cyclic esters (lactones) is 2. The lowest BCUT2D eigenvalue weighted by Crippen LogP contribution is -2.45. The molecule has 2 atom stereocenters. The van der Waals surface area contributed by atoms with Crippen LogP contribution in [0.4, 0.5) is 4.79 Å². The maximum Gasteiger partial charge on any atom is 0.508 e. The zero-order valence-electron chi connectivity index (χ0n) is 14.8. The van der Waals surface area contributed by atoms with Crippen LogP contribution in [0.1, 0.15) is 84.0 Å². The van der Waals surface area contributed by atoms with Gasteiger partial charge in [-0.05, 0) is 18.9 Å². The van der Waals surface area contributed by atoms with Crippen molar-refractivity contribution in [1.29, 1.82) is 0 Å². The van der Waals surface area contributed by atoms with Crippen molar-refractivity contribution in [3.8, 4) is 0 Å². The molecule has 0 aromatic heterocycles. The van der Waals surface area contributed by atoms with Gasteiger partial charge in [0.1, 0.15) is 12.7 Å². The molecular formula is C19H35NO3. The first-order valence-electron chi connectivity index (χ1n) is 9.49. The number of carbonyl (C=O) groups excluding carboxylic acids is 1. The highest BCUT2D eigenvalue weighted by molar-refractivity contribution is 5.61. The molecule has 2 unspecified atom stereocenters. The molecule has 1 aliphatic rings. The lowest BCUT2D eigenvalue weighted by molar-refractivity contribution is -0.0174. The van der Waals surface area contributed by atoms with Gasteiger partial charge in [0.2, 0.25) is 0 Å². The molecule has 0 aliphatic carbocycles. The van der Waals surface area contributed by atoms with Crippen molar-refractivity contribution in [2.45, 2.75) is 96.1 Å². The molecule has 0 spiro atoms. The molecule has 23 heavy (non-hydrogen) atoms. The van der Waals surface area contributed by atoms with Gasteiger partial charge in [-0.3, -0.25) is 0 Å². The second-order valence-corrected chi connectivity index (χ2v) is 6.56. The van der Waals surface area contributed by atoms with Crippen LogP contribution in [0.3, 0.4) is 0 Å². The summed E-state index contributed by atoms with van der Waals surface area (Å²) in [5.74, 6) is 0. The van der Waals surface area contributed by atoms with Gasteiger partial charge in [-0.15, -0.1) is 0 Å². The molecule has 4 nitrogen and oxygen atoms in total. The van der Waals surface area contributed by atoms with Crippen molar-refractivity contribution in [2.75, 3.05) is 6.61 Å². The van der Waals surface area contributed by atoms with Crippen LogP contribution in [0.5, 0.6) is 0 Å². The van der Waals surface area contributed by atoms with E-state index in [1.807, 2.05) is 6.08 Å². The highest BCUT2D eigenvalue weighted by atomic mass is 16.7. The summed E-state index contributed by atoms with van der Waals surface area (Å²) in [6, 6.07) is -0.249. The molecule has 4 heteroatoms. The predicted octanol–water partition coefficient (Wildman–Crippen LogP) is 5.11. The van der Waals surface area contributed by atoms with Gasteiger partial charge in [0.25, 0.3) is 0 Å². The first-order valence-corrected chi connectivity index (χ1v) is 9.49. The molecular weight excluding hydrogens is 290 g/mol. The fourth-order valence-electron chi connectivity index (χ4n) is 2.83. The SMILES string of the molecule is CCCCCCCCCCCCCC=CC1OC(=O)OCC1N. The summed E-state index contributed by atoms with van der Waals surface area (Å²) < 4.78 is 9.75. The second kappa shape index (κ2) is 13.4. The van der Waals surface area contributed by atoms with Crippen molar-refractivity contribution >= 4 is 6.16 Å². The highest BCUT2D eigenvalue weighted by Gasteiger charge is 2.26. The quantitative estimate of drug-likeness (QED) is 0.290. The average Bonchev–Trinajstić information content (AvgIpc) is 2.55. The van der Waals surface area contributed by atoms with E-state index in [9.17, 15) is 4.79 Å². The number of hydrogen-bond donors (Lipinski definition) is 1. The number of carbonyl (C=O) groups is 1. The molecule has 134 valence electrons. The van der Waals surface area contributed by atoms with Crippen molar-refractivity contribution in [3.05, 3.63) is 12.2 Å². The number of nitrogens with two attached hydrogens (primary N) is 1. The Morgan fingerprint density at radius 2 is 1.57 bits per heavy atom. The van der Waals surface area contributed by atoms with E-state index in [-0.39, 0.29) is 18.8 Å². The Kier molecular flexibility index (Phi) is 11.7. The summed E-state index contributed by atoms with van der Waals surface area (Å²) in [5, 5.41) is 0. The van der Waals surface area contributed by atoms with E-state index in [0.29, 0.717) is 0 Å². The van der Waals surface area contributed by atoms with E-state index in [2.05, 4.69) is 13.0 Å². The maximum absolute atomic E-state index is 11.0. The molecule has 2 N–H and O–H groups in total. The molecule has 1 saturated heterocycles. The van der Waals surface area contributed by atoms with E-state index < -0.39 is 6.16 Å². The fraction of sp³-hybridized carbons (Fsp3) is 0.842. The van der Waals surface area contributed by atoms with Crippen molar-refractivity contribution in [3.63, 3.8) is 0 Å². The second-order valence-electron chi connectivity index (χ2n) is 6.56. The van der Waals surface area contributed by atoms with Crippen LogP contribution in [-0.4, -0.2) is 24.9 Å². The van der Waals surface area contributed by atoms with Crippen LogP contribution in [0.25, 0.3) is 0 Å². The summed E-state index contributed by atoms with van der Waals surface area (Å²) in [4.78, 5) is 11.0. The Bertz CT molecular complexity index is 331. The topological polar surface area (TPSA) is 61.5 Å². The lowest BCUT2D eigenvalue weighted by Gasteiger charge is -2.25. The van der Waals surface area contributed by atoms with E-state index in [0.717, 1.165) is 6.42 Å². The number of hydrogen-bond acceptors (Lipinski definition) is 4. The smallest absolute Gasteiger partial charge is 0.432 e. The van der Waals surface area contributed by atoms with E-state index >= 15 is 0 Å². The minimum absolute atomic E-state index is 0.242. The number of rotatable bonds is 13. The Morgan fingerprint density at radius 3 is 2.17 bits per heavy atom. The minimum Gasteiger partial charge on any atom is -0.432 e. The zero-order valence-corrected chi connectivity index (χ0v) is 14.8. The molecule has 1 rings (SSSR count). The van der Waals surface area contributed by atoms with Gasteiger partial charge in [-0.1, -0.05) is 77.2 Å². The molecule has 1 fully saturated rings. The number of ether oxygens (including phenoxy) is 2.